The van der Waals surface area contributed by atoms with Crippen LogP contribution in [0, 0.1) is 6.92 Å². The van der Waals surface area contributed by atoms with Crippen molar-refractivity contribution in [3.63, 3.8) is 0 Å². The van der Waals surface area contributed by atoms with Crippen molar-refractivity contribution in [3.8, 4) is 0 Å². The topological polar surface area (TPSA) is 58.8 Å². The van der Waals surface area contributed by atoms with Gasteiger partial charge in [0.1, 0.15) is 0 Å². The fourth-order valence-electron chi connectivity index (χ4n) is 2.78. The zero-order valence-electron chi connectivity index (χ0n) is 13.0. The van der Waals surface area contributed by atoms with Crippen molar-refractivity contribution in [2.45, 2.75) is 32.9 Å². The van der Waals surface area contributed by atoms with Crippen molar-refractivity contribution in [1.82, 2.24) is 9.80 Å². The summed E-state index contributed by atoms with van der Waals surface area (Å²) >= 11 is 1.81. The number of ether oxygens (including phenoxy) is 1. The van der Waals surface area contributed by atoms with Crippen LogP contribution in [0.3, 0.4) is 0 Å². The average Bonchev–Trinajstić information content (AvgIpc) is 2.86. The van der Waals surface area contributed by atoms with E-state index in [9.17, 15) is 4.79 Å². The zero-order chi connectivity index (χ0) is 15.4. The Kier molecular flexibility index (Phi) is 5.61. The molecule has 0 spiro atoms. The van der Waals surface area contributed by atoms with Crippen molar-refractivity contribution in [3.05, 3.63) is 21.9 Å². The highest BCUT2D eigenvalue weighted by Gasteiger charge is 2.30. The molecule has 6 heteroatoms. The first kappa shape index (κ1) is 16.3. The van der Waals surface area contributed by atoms with Gasteiger partial charge in [0.2, 0.25) is 0 Å². The number of aryl methyl sites for hydroxylation is 1. The number of nitrogens with zero attached hydrogens (tertiary/aromatic N) is 2. The molecule has 2 rings (SSSR count). The largest absolute Gasteiger partial charge is 0.450 e. The van der Waals surface area contributed by atoms with Gasteiger partial charge in [-0.05, 0) is 32.9 Å². The highest BCUT2D eigenvalue weighted by molar-refractivity contribution is 7.12. The van der Waals surface area contributed by atoms with E-state index in [4.69, 9.17) is 10.5 Å². The number of hydrogen-bond acceptors (Lipinski definition) is 5. The molecule has 0 radical (unpaired) electrons. The van der Waals surface area contributed by atoms with Gasteiger partial charge < -0.3 is 15.4 Å². The number of nitrogens with two attached hydrogens (primary N) is 1. The molecule has 0 aromatic carbocycles. The molecular formula is C15H25N3O2S. The van der Waals surface area contributed by atoms with Gasteiger partial charge in [-0.15, -0.1) is 11.3 Å². The molecule has 2 heterocycles. The number of amides is 1. The van der Waals surface area contributed by atoms with Crippen LogP contribution >= 0.6 is 11.3 Å². The minimum absolute atomic E-state index is 0.0668. The van der Waals surface area contributed by atoms with Gasteiger partial charge in [-0.2, -0.15) is 0 Å². The molecule has 2 N–H and O–H groups in total. The Labute approximate surface area is 130 Å². The number of rotatable bonds is 4. The number of carbonyl (C=O) groups excluding carboxylic acids is 1. The minimum Gasteiger partial charge on any atom is -0.450 e. The Bertz CT molecular complexity index is 467. The molecule has 1 aromatic rings. The van der Waals surface area contributed by atoms with Crippen LogP contribution < -0.4 is 5.73 Å². The molecule has 0 aliphatic carbocycles. The van der Waals surface area contributed by atoms with Crippen LogP contribution in [0.25, 0.3) is 0 Å². The molecule has 118 valence electrons. The molecule has 21 heavy (non-hydrogen) atoms. The van der Waals surface area contributed by atoms with E-state index in [-0.39, 0.29) is 18.2 Å². The molecule has 1 aliphatic heterocycles. The Balaban J connectivity index is 2.00. The van der Waals surface area contributed by atoms with Crippen molar-refractivity contribution < 1.29 is 9.53 Å². The van der Waals surface area contributed by atoms with E-state index < -0.39 is 0 Å². The second-order valence-electron chi connectivity index (χ2n) is 5.47. The first-order valence-corrected chi connectivity index (χ1v) is 8.32. The van der Waals surface area contributed by atoms with Crippen LogP contribution in [-0.2, 0) is 4.74 Å². The molecule has 5 nitrogen and oxygen atoms in total. The Hall–Kier alpha value is -1.11. The summed E-state index contributed by atoms with van der Waals surface area (Å²) in [6.45, 7) is 9.50. The SMILES string of the molecule is CCOC(=O)N1CCN(C(c2ccc(C)s2)C(C)N)CC1. The van der Waals surface area contributed by atoms with Crippen molar-refractivity contribution in [2.24, 2.45) is 5.73 Å². The summed E-state index contributed by atoms with van der Waals surface area (Å²) in [5.41, 5.74) is 6.21. The van der Waals surface area contributed by atoms with Gasteiger partial charge in [0.25, 0.3) is 0 Å². The van der Waals surface area contributed by atoms with E-state index in [1.165, 1.54) is 9.75 Å². The fraction of sp³-hybridized carbons (Fsp3) is 0.667. The molecule has 1 fully saturated rings. The maximum absolute atomic E-state index is 11.7. The average molecular weight is 311 g/mol. The van der Waals surface area contributed by atoms with Gasteiger partial charge in [0, 0.05) is 42.0 Å². The summed E-state index contributed by atoms with van der Waals surface area (Å²) in [5.74, 6) is 0. The number of thiophene rings is 1. The van der Waals surface area contributed by atoms with E-state index >= 15 is 0 Å². The van der Waals surface area contributed by atoms with Crippen LogP contribution in [0.1, 0.15) is 29.6 Å². The van der Waals surface area contributed by atoms with Gasteiger partial charge in [0.15, 0.2) is 0 Å². The Morgan fingerprint density at radius 2 is 2.05 bits per heavy atom. The molecule has 0 bridgehead atoms. The Morgan fingerprint density at radius 1 is 1.38 bits per heavy atom. The van der Waals surface area contributed by atoms with Gasteiger partial charge in [-0.1, -0.05) is 0 Å². The standard InChI is InChI=1S/C15H25N3O2S/c1-4-20-15(19)18-9-7-17(8-10-18)14(12(3)16)13-6-5-11(2)21-13/h5-6,12,14H,4,7-10,16H2,1-3H3. The second-order valence-corrected chi connectivity index (χ2v) is 6.79. The van der Waals surface area contributed by atoms with Crippen LogP contribution in [-0.4, -0.2) is 54.7 Å². The highest BCUT2D eigenvalue weighted by atomic mass is 32.1. The molecule has 0 saturated carbocycles. The summed E-state index contributed by atoms with van der Waals surface area (Å²) in [7, 11) is 0. The van der Waals surface area contributed by atoms with Crippen molar-refractivity contribution in [2.75, 3.05) is 32.8 Å². The lowest BCUT2D eigenvalue weighted by Crippen LogP contribution is -2.52. The molecule has 1 amide bonds. The molecule has 2 unspecified atom stereocenters. The van der Waals surface area contributed by atoms with Crippen LogP contribution in [0.15, 0.2) is 12.1 Å². The van der Waals surface area contributed by atoms with Crippen LogP contribution in [0.5, 0.6) is 0 Å². The fourth-order valence-corrected chi connectivity index (χ4v) is 3.91. The van der Waals surface area contributed by atoms with E-state index in [0.717, 1.165) is 13.1 Å². The van der Waals surface area contributed by atoms with E-state index in [2.05, 4.69) is 30.9 Å². The maximum atomic E-state index is 11.7. The molecule has 2 atom stereocenters. The normalized spacial score (nSPS) is 19.3. The number of carbonyl (C=O) groups is 1. The van der Waals surface area contributed by atoms with Gasteiger partial charge in [0.05, 0.1) is 12.6 Å². The van der Waals surface area contributed by atoms with E-state index in [0.29, 0.717) is 19.7 Å². The number of piperazine rings is 1. The van der Waals surface area contributed by atoms with E-state index in [1.54, 1.807) is 16.2 Å². The summed E-state index contributed by atoms with van der Waals surface area (Å²) in [6, 6.07) is 4.61. The third-order valence-electron chi connectivity index (χ3n) is 3.78. The third-order valence-corrected chi connectivity index (χ3v) is 4.86. The highest BCUT2D eigenvalue weighted by Crippen LogP contribution is 2.30. The lowest BCUT2D eigenvalue weighted by molar-refractivity contribution is 0.0625. The molecule has 1 saturated heterocycles. The summed E-state index contributed by atoms with van der Waals surface area (Å²) < 4.78 is 5.06. The quantitative estimate of drug-likeness (QED) is 0.926. The monoisotopic (exact) mass is 311 g/mol. The van der Waals surface area contributed by atoms with Gasteiger partial charge in [-0.3, -0.25) is 4.90 Å². The minimum atomic E-state index is -0.207. The summed E-state index contributed by atoms with van der Waals surface area (Å²) in [6.07, 6.45) is -0.207. The lowest BCUT2D eigenvalue weighted by atomic mass is 10.1. The first-order valence-electron chi connectivity index (χ1n) is 7.50. The smallest absolute Gasteiger partial charge is 0.409 e. The van der Waals surface area contributed by atoms with Crippen LogP contribution in [0.2, 0.25) is 0 Å². The predicted octanol–water partition coefficient (Wildman–Crippen LogP) is 2.22. The van der Waals surface area contributed by atoms with Crippen LogP contribution in [0.4, 0.5) is 4.79 Å². The first-order chi connectivity index (χ1) is 10.0. The second kappa shape index (κ2) is 7.24. The summed E-state index contributed by atoms with van der Waals surface area (Å²) in [4.78, 5) is 18.5. The third kappa shape index (κ3) is 3.96. The number of hydrogen-bond donors (Lipinski definition) is 1. The van der Waals surface area contributed by atoms with E-state index in [1.807, 2.05) is 6.92 Å². The van der Waals surface area contributed by atoms with Gasteiger partial charge >= 0.3 is 6.09 Å². The molecule has 1 aliphatic rings. The Morgan fingerprint density at radius 3 is 2.52 bits per heavy atom. The molecular weight excluding hydrogens is 286 g/mol. The maximum Gasteiger partial charge on any atom is 0.409 e. The molecule has 1 aromatic heterocycles. The predicted molar refractivity (Wildman–Crippen MR) is 85.6 cm³/mol. The lowest BCUT2D eigenvalue weighted by Gasteiger charge is -2.40. The van der Waals surface area contributed by atoms with Crippen molar-refractivity contribution in [1.29, 1.82) is 0 Å². The summed E-state index contributed by atoms with van der Waals surface area (Å²) in [5, 5.41) is 0. The van der Waals surface area contributed by atoms with Crippen molar-refractivity contribution >= 4 is 17.4 Å². The zero-order valence-corrected chi connectivity index (χ0v) is 13.9. The van der Waals surface area contributed by atoms with Gasteiger partial charge in [-0.25, -0.2) is 4.79 Å².